The summed E-state index contributed by atoms with van der Waals surface area (Å²) < 4.78 is 0. The third kappa shape index (κ3) is 1.93. The van der Waals surface area contributed by atoms with E-state index in [0.717, 1.165) is 11.2 Å². The Balaban J connectivity index is 2.67. The van der Waals surface area contributed by atoms with Crippen molar-refractivity contribution in [1.82, 2.24) is 4.98 Å². The van der Waals surface area contributed by atoms with E-state index in [1.165, 1.54) is 10.9 Å². The van der Waals surface area contributed by atoms with Crippen LogP contribution in [0, 0.1) is 6.92 Å². The Labute approximate surface area is 96.5 Å². The summed E-state index contributed by atoms with van der Waals surface area (Å²) in [6.45, 7) is 6.25. The molecule has 2 atom stereocenters. The fraction of sp³-hybridized carbons (Fsp3) is 0.357. The molecule has 0 aliphatic heterocycles. The number of hydrogen-bond donors (Lipinski definition) is 1. The first-order valence-electron chi connectivity index (χ1n) is 5.71. The number of aromatic nitrogens is 1. The van der Waals surface area contributed by atoms with Gasteiger partial charge in [-0.15, -0.1) is 0 Å². The third-order valence-electron chi connectivity index (χ3n) is 3.16. The number of rotatable bonds is 2. The molecule has 1 aromatic carbocycles. The lowest BCUT2D eigenvalue weighted by atomic mass is 9.91. The number of pyridine rings is 1. The maximum atomic E-state index is 5.99. The molecule has 2 N–H and O–H groups in total. The monoisotopic (exact) mass is 214 g/mol. The van der Waals surface area contributed by atoms with Gasteiger partial charge in [-0.25, -0.2) is 0 Å². The van der Waals surface area contributed by atoms with Crippen molar-refractivity contribution in [2.24, 2.45) is 5.73 Å². The second-order valence-corrected chi connectivity index (χ2v) is 4.52. The summed E-state index contributed by atoms with van der Waals surface area (Å²) in [5, 5.41) is 1.22. The molecule has 16 heavy (non-hydrogen) atoms. The Kier molecular flexibility index (Phi) is 2.92. The predicted molar refractivity (Wildman–Crippen MR) is 68.5 cm³/mol. The smallest absolute Gasteiger partial charge is 0.0708 e. The molecule has 0 amide bonds. The van der Waals surface area contributed by atoms with E-state index in [1.807, 2.05) is 13.0 Å². The van der Waals surface area contributed by atoms with Gasteiger partial charge in [-0.2, -0.15) is 0 Å². The van der Waals surface area contributed by atoms with Gasteiger partial charge in [0.15, 0.2) is 0 Å². The van der Waals surface area contributed by atoms with Crippen molar-refractivity contribution in [2.45, 2.75) is 32.7 Å². The number of nitrogens with two attached hydrogens (primary N) is 1. The van der Waals surface area contributed by atoms with Crippen LogP contribution in [-0.2, 0) is 0 Å². The maximum absolute atomic E-state index is 5.99. The summed E-state index contributed by atoms with van der Waals surface area (Å²) in [5.41, 5.74) is 9.41. The van der Waals surface area contributed by atoms with Crippen molar-refractivity contribution in [3.63, 3.8) is 0 Å². The molecular formula is C14H18N2. The van der Waals surface area contributed by atoms with Crippen molar-refractivity contribution in [2.75, 3.05) is 0 Å². The van der Waals surface area contributed by atoms with Gasteiger partial charge < -0.3 is 5.73 Å². The molecule has 0 radical (unpaired) electrons. The zero-order chi connectivity index (χ0) is 11.7. The van der Waals surface area contributed by atoms with Crippen LogP contribution in [0.1, 0.15) is 31.0 Å². The SMILES string of the molecule is Cc1cc(C(C)C(C)N)c2ccccc2n1. The molecule has 0 aliphatic rings. The molecule has 1 aromatic heterocycles. The molecule has 0 saturated heterocycles. The van der Waals surface area contributed by atoms with Gasteiger partial charge in [0.05, 0.1) is 5.52 Å². The van der Waals surface area contributed by atoms with E-state index in [1.54, 1.807) is 0 Å². The second-order valence-electron chi connectivity index (χ2n) is 4.52. The van der Waals surface area contributed by atoms with E-state index in [-0.39, 0.29) is 6.04 Å². The number of benzene rings is 1. The van der Waals surface area contributed by atoms with Gasteiger partial charge in [0.25, 0.3) is 0 Å². The Morgan fingerprint density at radius 2 is 1.88 bits per heavy atom. The number of fused-ring (bicyclic) bond motifs is 1. The molecule has 2 aromatic rings. The fourth-order valence-electron chi connectivity index (χ4n) is 2.00. The Hall–Kier alpha value is -1.41. The summed E-state index contributed by atoms with van der Waals surface area (Å²) in [5.74, 6) is 0.353. The normalized spacial score (nSPS) is 15.0. The first-order valence-corrected chi connectivity index (χ1v) is 5.71. The average Bonchev–Trinajstić information content (AvgIpc) is 2.26. The summed E-state index contributed by atoms with van der Waals surface area (Å²) in [6.07, 6.45) is 0. The van der Waals surface area contributed by atoms with Gasteiger partial charge in [-0.05, 0) is 37.5 Å². The third-order valence-corrected chi connectivity index (χ3v) is 3.16. The topological polar surface area (TPSA) is 38.9 Å². The quantitative estimate of drug-likeness (QED) is 0.834. The molecule has 2 unspecified atom stereocenters. The second kappa shape index (κ2) is 4.22. The van der Waals surface area contributed by atoms with Crippen LogP contribution in [0.5, 0.6) is 0 Å². The van der Waals surface area contributed by atoms with Crippen molar-refractivity contribution in [1.29, 1.82) is 0 Å². The van der Waals surface area contributed by atoms with E-state index in [9.17, 15) is 0 Å². The van der Waals surface area contributed by atoms with Crippen molar-refractivity contribution in [3.05, 3.63) is 41.6 Å². The molecule has 0 spiro atoms. The lowest BCUT2D eigenvalue weighted by Gasteiger charge is -2.18. The number of aryl methyl sites for hydroxylation is 1. The van der Waals surface area contributed by atoms with Crippen molar-refractivity contribution < 1.29 is 0 Å². The van der Waals surface area contributed by atoms with Gasteiger partial charge in [0, 0.05) is 17.1 Å². The van der Waals surface area contributed by atoms with Gasteiger partial charge >= 0.3 is 0 Å². The van der Waals surface area contributed by atoms with Crippen LogP contribution in [-0.4, -0.2) is 11.0 Å². The zero-order valence-corrected chi connectivity index (χ0v) is 10.1. The van der Waals surface area contributed by atoms with E-state index in [4.69, 9.17) is 5.73 Å². The lowest BCUT2D eigenvalue weighted by Crippen LogP contribution is -2.22. The molecule has 2 rings (SSSR count). The standard InChI is InChI=1S/C14H18N2/c1-9-8-13(10(2)11(3)15)12-6-4-5-7-14(12)16-9/h4-8,10-11H,15H2,1-3H3. The molecule has 0 aliphatic carbocycles. The Morgan fingerprint density at radius 3 is 2.56 bits per heavy atom. The summed E-state index contributed by atoms with van der Waals surface area (Å²) in [6, 6.07) is 10.6. The highest BCUT2D eigenvalue weighted by Gasteiger charge is 2.14. The average molecular weight is 214 g/mol. The van der Waals surface area contributed by atoms with Crippen LogP contribution in [0.3, 0.4) is 0 Å². The van der Waals surface area contributed by atoms with Gasteiger partial charge in [0.1, 0.15) is 0 Å². The molecule has 1 heterocycles. The minimum atomic E-state index is 0.158. The van der Waals surface area contributed by atoms with E-state index >= 15 is 0 Å². The Bertz CT molecular complexity index is 503. The minimum absolute atomic E-state index is 0.158. The number of nitrogens with zero attached hydrogens (tertiary/aromatic N) is 1. The predicted octanol–water partition coefficient (Wildman–Crippen LogP) is 2.99. The van der Waals surface area contributed by atoms with Crippen LogP contribution >= 0.6 is 0 Å². The molecule has 0 bridgehead atoms. The highest BCUT2D eigenvalue weighted by molar-refractivity contribution is 5.82. The van der Waals surface area contributed by atoms with Crippen molar-refractivity contribution >= 4 is 10.9 Å². The van der Waals surface area contributed by atoms with Crippen molar-refractivity contribution in [3.8, 4) is 0 Å². The number of para-hydroxylation sites is 1. The molecule has 0 fully saturated rings. The first-order chi connectivity index (χ1) is 7.59. The zero-order valence-electron chi connectivity index (χ0n) is 10.1. The highest BCUT2D eigenvalue weighted by Crippen LogP contribution is 2.26. The summed E-state index contributed by atoms with van der Waals surface area (Å²) >= 11 is 0. The molecule has 0 saturated carbocycles. The maximum Gasteiger partial charge on any atom is 0.0708 e. The molecule has 2 heteroatoms. The van der Waals surface area contributed by atoms with Crippen LogP contribution in [0.15, 0.2) is 30.3 Å². The van der Waals surface area contributed by atoms with Gasteiger partial charge in [0.2, 0.25) is 0 Å². The lowest BCUT2D eigenvalue weighted by molar-refractivity contribution is 0.616. The molecular weight excluding hydrogens is 196 g/mol. The van der Waals surface area contributed by atoms with Crippen LogP contribution in [0.25, 0.3) is 10.9 Å². The molecule has 84 valence electrons. The van der Waals surface area contributed by atoms with Crippen LogP contribution in [0.4, 0.5) is 0 Å². The van der Waals surface area contributed by atoms with Crippen LogP contribution < -0.4 is 5.73 Å². The van der Waals surface area contributed by atoms with Gasteiger partial charge in [-0.1, -0.05) is 25.1 Å². The van der Waals surface area contributed by atoms with Gasteiger partial charge in [-0.3, -0.25) is 4.98 Å². The van der Waals surface area contributed by atoms with E-state index in [2.05, 4.69) is 43.1 Å². The summed E-state index contributed by atoms with van der Waals surface area (Å²) in [4.78, 5) is 4.54. The fourth-order valence-corrected chi connectivity index (χ4v) is 2.00. The largest absolute Gasteiger partial charge is 0.327 e. The van der Waals surface area contributed by atoms with E-state index < -0.39 is 0 Å². The molecule has 2 nitrogen and oxygen atoms in total. The van der Waals surface area contributed by atoms with Crippen LogP contribution in [0.2, 0.25) is 0 Å². The summed E-state index contributed by atoms with van der Waals surface area (Å²) in [7, 11) is 0. The highest BCUT2D eigenvalue weighted by atomic mass is 14.7. The Morgan fingerprint density at radius 1 is 1.19 bits per heavy atom. The van der Waals surface area contributed by atoms with E-state index in [0.29, 0.717) is 5.92 Å². The minimum Gasteiger partial charge on any atom is -0.327 e. The number of hydrogen-bond acceptors (Lipinski definition) is 2. The first kappa shape index (κ1) is 11.1.